The zero-order valence-electron chi connectivity index (χ0n) is 20.9. The van der Waals surface area contributed by atoms with E-state index in [-0.39, 0.29) is 30.4 Å². The van der Waals surface area contributed by atoms with Crippen LogP contribution in [0.15, 0.2) is 42.6 Å². The number of benzene rings is 1. The van der Waals surface area contributed by atoms with Gasteiger partial charge in [0, 0.05) is 31.0 Å². The van der Waals surface area contributed by atoms with Crippen molar-refractivity contribution in [3.05, 3.63) is 53.9 Å². The molecule has 1 unspecified atom stereocenters. The minimum absolute atomic E-state index is 0.0166. The van der Waals surface area contributed by atoms with E-state index >= 15 is 0 Å². The van der Waals surface area contributed by atoms with Crippen LogP contribution in [0.3, 0.4) is 0 Å². The largest absolute Gasteiger partial charge is 0.453 e. The van der Waals surface area contributed by atoms with E-state index in [1.807, 2.05) is 11.1 Å². The Morgan fingerprint density at radius 3 is 2.60 bits per heavy atom. The van der Waals surface area contributed by atoms with Gasteiger partial charge in [-0.25, -0.2) is 9.48 Å². The summed E-state index contributed by atoms with van der Waals surface area (Å²) in [6.45, 7) is 2.00. The lowest BCUT2D eigenvalue weighted by atomic mass is 9.82. The molecule has 0 spiro atoms. The summed E-state index contributed by atoms with van der Waals surface area (Å²) in [4.78, 5) is 14.6. The van der Waals surface area contributed by atoms with Crippen molar-refractivity contribution >= 4 is 6.09 Å². The summed E-state index contributed by atoms with van der Waals surface area (Å²) in [5.41, 5.74) is 2.58. The number of hydrogen-bond acceptors (Lipinski definition) is 5. The summed E-state index contributed by atoms with van der Waals surface area (Å²) in [5, 5.41) is 4.64. The quantitative estimate of drug-likeness (QED) is 0.534. The van der Waals surface area contributed by atoms with Gasteiger partial charge in [0.25, 0.3) is 0 Å². The topological polar surface area (TPSA) is 65.8 Å². The average molecular weight is 482 g/mol. The van der Waals surface area contributed by atoms with Crippen molar-refractivity contribution < 1.29 is 19.0 Å². The maximum Gasteiger partial charge on any atom is 0.409 e. The van der Waals surface area contributed by atoms with Gasteiger partial charge in [-0.1, -0.05) is 30.3 Å². The fraction of sp³-hybridized carbons (Fsp3) is 0.643. The zero-order valence-corrected chi connectivity index (χ0v) is 20.9. The first kappa shape index (κ1) is 24.3. The summed E-state index contributed by atoms with van der Waals surface area (Å²) < 4.78 is 19.8. The number of carbonyl (C=O) groups is 1. The van der Waals surface area contributed by atoms with Crippen LogP contribution in [-0.4, -0.2) is 59.8 Å². The maximum absolute atomic E-state index is 12.7. The fourth-order valence-electron chi connectivity index (χ4n) is 6.25. The number of piperidine rings is 1. The summed E-state index contributed by atoms with van der Waals surface area (Å²) >= 11 is 0. The molecule has 2 aromatic rings. The molecule has 2 aliphatic heterocycles. The second-order valence-electron chi connectivity index (χ2n) is 10.2. The summed E-state index contributed by atoms with van der Waals surface area (Å²) in [7, 11) is 1.47. The molecule has 2 saturated heterocycles. The third kappa shape index (κ3) is 5.56. The number of rotatable bonds is 6. The van der Waals surface area contributed by atoms with Crippen molar-refractivity contribution in [3.8, 4) is 0 Å². The molecule has 7 nitrogen and oxygen atoms in total. The number of nitrogens with zero attached hydrogens (tertiary/aromatic N) is 3. The van der Waals surface area contributed by atoms with Crippen LogP contribution in [0.25, 0.3) is 0 Å². The molecule has 3 fully saturated rings. The van der Waals surface area contributed by atoms with E-state index in [0.29, 0.717) is 19.1 Å². The normalized spacial score (nSPS) is 29.6. The molecule has 1 amide bonds. The van der Waals surface area contributed by atoms with Crippen LogP contribution in [-0.2, 0) is 14.2 Å². The first-order valence-electron chi connectivity index (χ1n) is 13.4. The molecule has 1 aromatic heterocycles. The molecule has 35 heavy (non-hydrogen) atoms. The molecule has 3 heterocycles. The predicted molar refractivity (Wildman–Crippen MR) is 133 cm³/mol. The third-order valence-corrected chi connectivity index (χ3v) is 8.15. The first-order valence-corrected chi connectivity index (χ1v) is 13.4. The smallest absolute Gasteiger partial charge is 0.409 e. The van der Waals surface area contributed by atoms with Crippen molar-refractivity contribution in [2.45, 2.75) is 88.0 Å². The van der Waals surface area contributed by atoms with E-state index in [0.717, 1.165) is 70.1 Å². The number of carbonyl (C=O) groups excluding carboxylic acids is 1. The van der Waals surface area contributed by atoms with Gasteiger partial charge in [-0.15, -0.1) is 0 Å². The Morgan fingerprint density at radius 1 is 1.03 bits per heavy atom. The Hall–Kier alpha value is -2.38. The Balaban J connectivity index is 1.27. The SMILES string of the molecule is COC(=O)N1CCC[C@H](c2ccnn2C2CCCCO2)[C@@H]1COC1CCC(c2ccccc2)CC1. The predicted octanol–water partition coefficient (Wildman–Crippen LogP) is 5.64. The number of likely N-dealkylation sites (tertiary alicyclic amines) is 1. The second-order valence-corrected chi connectivity index (χ2v) is 10.2. The average Bonchev–Trinajstić information content (AvgIpc) is 3.42. The van der Waals surface area contributed by atoms with E-state index in [2.05, 4.69) is 46.2 Å². The Kier molecular flexibility index (Phi) is 8.04. The van der Waals surface area contributed by atoms with Gasteiger partial charge in [0.2, 0.25) is 0 Å². The van der Waals surface area contributed by atoms with Crippen LogP contribution in [0.1, 0.15) is 87.1 Å². The van der Waals surface area contributed by atoms with E-state index in [1.54, 1.807) is 0 Å². The van der Waals surface area contributed by atoms with Gasteiger partial charge in [0.05, 0.1) is 25.9 Å². The molecular formula is C28H39N3O4. The molecule has 0 radical (unpaired) electrons. The number of amides is 1. The van der Waals surface area contributed by atoms with Crippen LogP contribution >= 0.6 is 0 Å². The molecule has 0 bridgehead atoms. The van der Waals surface area contributed by atoms with Crippen LogP contribution in [0.4, 0.5) is 4.79 Å². The lowest BCUT2D eigenvalue weighted by molar-refractivity contribution is -0.0467. The highest BCUT2D eigenvalue weighted by atomic mass is 16.5. The molecular weight excluding hydrogens is 442 g/mol. The van der Waals surface area contributed by atoms with Crippen molar-refractivity contribution in [2.75, 3.05) is 26.9 Å². The van der Waals surface area contributed by atoms with Gasteiger partial charge in [0.15, 0.2) is 0 Å². The van der Waals surface area contributed by atoms with Gasteiger partial charge >= 0.3 is 6.09 Å². The molecule has 5 rings (SSSR count). The summed E-state index contributed by atoms with van der Waals surface area (Å²) in [6, 6.07) is 12.9. The Morgan fingerprint density at radius 2 is 1.86 bits per heavy atom. The Bertz CT molecular complexity index is 935. The number of hydrogen-bond donors (Lipinski definition) is 0. The molecule has 1 aromatic carbocycles. The van der Waals surface area contributed by atoms with Gasteiger partial charge in [-0.2, -0.15) is 5.10 Å². The standard InChI is InChI=1S/C28H39N3O4/c1-33-28(32)30-18-7-10-24(25-16-17-29-31(25)27-11-5-6-19-34-27)26(30)20-35-23-14-12-22(13-15-23)21-8-3-2-4-9-21/h2-4,8-9,16-17,22-24,26-27H,5-7,10-15,18-20H2,1H3/t22?,23?,24-,26+,27?/m1/s1. The maximum atomic E-state index is 12.7. The van der Waals surface area contributed by atoms with Gasteiger partial charge in [-0.3, -0.25) is 0 Å². The molecule has 1 aliphatic carbocycles. The summed E-state index contributed by atoms with van der Waals surface area (Å²) in [6.07, 6.45) is 11.4. The summed E-state index contributed by atoms with van der Waals surface area (Å²) in [5.74, 6) is 0.770. The van der Waals surface area contributed by atoms with Gasteiger partial charge in [0.1, 0.15) is 6.23 Å². The number of ether oxygens (including phenoxy) is 3. The molecule has 3 aliphatic rings. The van der Waals surface area contributed by atoms with E-state index in [1.165, 1.54) is 12.7 Å². The minimum Gasteiger partial charge on any atom is -0.453 e. The molecule has 3 atom stereocenters. The molecule has 1 saturated carbocycles. The highest BCUT2D eigenvalue weighted by Crippen LogP contribution is 2.38. The van der Waals surface area contributed by atoms with Crippen molar-refractivity contribution in [1.29, 1.82) is 0 Å². The van der Waals surface area contributed by atoms with Crippen LogP contribution in [0.5, 0.6) is 0 Å². The van der Waals surface area contributed by atoms with Gasteiger partial charge < -0.3 is 19.1 Å². The number of methoxy groups -OCH3 is 1. The van der Waals surface area contributed by atoms with Crippen LogP contribution < -0.4 is 0 Å². The van der Waals surface area contributed by atoms with Crippen molar-refractivity contribution in [2.24, 2.45) is 0 Å². The molecule has 190 valence electrons. The number of aromatic nitrogens is 2. The second kappa shape index (κ2) is 11.6. The lowest BCUT2D eigenvalue weighted by Crippen LogP contribution is -2.51. The molecule has 7 heteroatoms. The minimum atomic E-state index is -0.268. The zero-order chi connectivity index (χ0) is 24.0. The van der Waals surface area contributed by atoms with E-state index in [4.69, 9.17) is 14.2 Å². The highest BCUT2D eigenvalue weighted by molar-refractivity contribution is 5.68. The Labute approximate surface area is 208 Å². The lowest BCUT2D eigenvalue weighted by Gasteiger charge is -2.42. The van der Waals surface area contributed by atoms with Crippen LogP contribution in [0.2, 0.25) is 0 Å². The van der Waals surface area contributed by atoms with Crippen molar-refractivity contribution in [3.63, 3.8) is 0 Å². The van der Waals surface area contributed by atoms with E-state index < -0.39 is 0 Å². The van der Waals surface area contributed by atoms with Crippen LogP contribution in [0, 0.1) is 0 Å². The van der Waals surface area contributed by atoms with Crippen molar-refractivity contribution in [1.82, 2.24) is 14.7 Å². The molecule has 0 N–H and O–H groups in total. The first-order chi connectivity index (χ1) is 17.2. The fourth-order valence-corrected chi connectivity index (χ4v) is 6.25. The van der Waals surface area contributed by atoms with Gasteiger partial charge in [-0.05, 0) is 75.3 Å². The highest BCUT2D eigenvalue weighted by Gasteiger charge is 2.39. The van der Waals surface area contributed by atoms with E-state index in [9.17, 15) is 4.79 Å². The monoisotopic (exact) mass is 481 g/mol. The third-order valence-electron chi connectivity index (χ3n) is 8.15.